The number of hydrogen-bond donors (Lipinski definition) is 1. The molecule has 29 heavy (non-hydrogen) atoms. The summed E-state index contributed by atoms with van der Waals surface area (Å²) in [7, 11) is 0. The Morgan fingerprint density at radius 2 is 1.93 bits per heavy atom. The number of amides is 1. The van der Waals surface area contributed by atoms with Gasteiger partial charge in [-0.2, -0.15) is 13.2 Å². The Kier molecular flexibility index (Phi) is 6.44. The molecule has 0 unspecified atom stereocenters. The number of morpholine rings is 1. The number of cyclic esters (lactones) is 1. The van der Waals surface area contributed by atoms with Gasteiger partial charge >= 0.3 is 12.1 Å². The second kappa shape index (κ2) is 8.84. The molecule has 0 aromatic heterocycles. The molecule has 1 aliphatic heterocycles. The Labute approximate surface area is 170 Å². The molecule has 3 rings (SSSR count). The summed E-state index contributed by atoms with van der Waals surface area (Å²) in [6.07, 6.45) is -4.88. The number of carbonyl (C=O) groups is 2. The first-order valence-electron chi connectivity index (χ1n) is 8.85. The smallest absolute Gasteiger partial charge is 0.417 e. The summed E-state index contributed by atoms with van der Waals surface area (Å²) in [5, 5.41) is 1.94. The lowest BCUT2D eigenvalue weighted by molar-refractivity contribution is -0.159. The molecule has 1 fully saturated rings. The Balaban J connectivity index is 1.70. The number of hydrogen-bond acceptors (Lipinski definition) is 4. The highest BCUT2D eigenvalue weighted by atomic mass is 35.5. The molecule has 1 amide bonds. The van der Waals surface area contributed by atoms with E-state index in [1.54, 1.807) is 0 Å². The standard InChI is InChI=1S/C20H18ClF3N2O3/c21-16-7-6-14(10-15(16)20(22,23)24)25-18(27)11-17-19(28)29-9-8-26(17)12-13-4-2-1-3-5-13/h1-7,10,17H,8-9,11-12H2,(H,25,27)/t17-/m0/s1. The van der Waals surface area contributed by atoms with Crippen molar-refractivity contribution in [3.63, 3.8) is 0 Å². The molecule has 0 aliphatic carbocycles. The van der Waals surface area contributed by atoms with Crippen molar-refractivity contribution < 1.29 is 27.5 Å². The fourth-order valence-electron chi connectivity index (χ4n) is 3.09. The Morgan fingerprint density at radius 1 is 1.21 bits per heavy atom. The van der Waals surface area contributed by atoms with Gasteiger partial charge in [0.15, 0.2) is 0 Å². The van der Waals surface area contributed by atoms with Gasteiger partial charge in [-0.15, -0.1) is 0 Å². The summed E-state index contributed by atoms with van der Waals surface area (Å²) in [6, 6.07) is 11.7. The molecule has 154 valence electrons. The van der Waals surface area contributed by atoms with Gasteiger partial charge in [0.25, 0.3) is 0 Å². The summed E-state index contributed by atoms with van der Waals surface area (Å²) in [5.74, 6) is -1.13. The molecule has 1 heterocycles. The van der Waals surface area contributed by atoms with Crippen LogP contribution in [0.5, 0.6) is 0 Å². The molecule has 1 N–H and O–H groups in total. The SMILES string of the molecule is O=C(C[C@H]1C(=O)OCCN1Cc1ccccc1)Nc1ccc(Cl)c(C(F)(F)F)c1. The predicted molar refractivity (Wildman–Crippen MR) is 101 cm³/mol. The number of nitrogens with zero attached hydrogens (tertiary/aromatic N) is 1. The number of carbonyl (C=O) groups excluding carboxylic acids is 2. The predicted octanol–water partition coefficient (Wildman–Crippen LogP) is 4.12. The monoisotopic (exact) mass is 426 g/mol. The molecule has 0 saturated carbocycles. The van der Waals surface area contributed by atoms with E-state index in [1.807, 2.05) is 35.2 Å². The first-order chi connectivity index (χ1) is 13.7. The zero-order valence-electron chi connectivity index (χ0n) is 15.2. The van der Waals surface area contributed by atoms with Gasteiger partial charge in [-0.1, -0.05) is 41.9 Å². The maximum atomic E-state index is 13.0. The number of anilines is 1. The summed E-state index contributed by atoms with van der Waals surface area (Å²) in [6.45, 7) is 1.13. The third-order valence-electron chi connectivity index (χ3n) is 4.50. The number of ether oxygens (including phenoxy) is 1. The number of halogens is 4. The first-order valence-corrected chi connectivity index (χ1v) is 9.23. The number of alkyl halides is 3. The van der Waals surface area contributed by atoms with Gasteiger partial charge in [-0.3, -0.25) is 14.5 Å². The van der Waals surface area contributed by atoms with E-state index < -0.39 is 34.7 Å². The molecule has 1 saturated heterocycles. The maximum Gasteiger partial charge on any atom is 0.417 e. The molecule has 1 atom stereocenters. The second-order valence-electron chi connectivity index (χ2n) is 6.58. The average molecular weight is 427 g/mol. The second-order valence-corrected chi connectivity index (χ2v) is 6.99. The van der Waals surface area contributed by atoms with E-state index in [0.717, 1.165) is 17.7 Å². The molecule has 9 heteroatoms. The van der Waals surface area contributed by atoms with Crippen LogP contribution in [-0.4, -0.2) is 36.0 Å². The summed E-state index contributed by atoms with van der Waals surface area (Å²) >= 11 is 5.59. The zero-order chi connectivity index (χ0) is 21.0. The van der Waals surface area contributed by atoms with E-state index in [0.29, 0.717) is 13.1 Å². The molecule has 2 aromatic carbocycles. The van der Waals surface area contributed by atoms with Gasteiger partial charge in [0, 0.05) is 18.8 Å². The molecule has 1 aliphatic rings. The number of benzene rings is 2. The van der Waals surface area contributed by atoms with Crippen LogP contribution in [0.3, 0.4) is 0 Å². The highest BCUT2D eigenvalue weighted by Crippen LogP contribution is 2.36. The van der Waals surface area contributed by atoms with Crippen LogP contribution >= 0.6 is 11.6 Å². The van der Waals surface area contributed by atoms with Crippen LogP contribution in [-0.2, 0) is 27.0 Å². The van der Waals surface area contributed by atoms with Crippen molar-refractivity contribution in [1.82, 2.24) is 4.90 Å². The van der Waals surface area contributed by atoms with Gasteiger partial charge in [-0.25, -0.2) is 0 Å². The first kappa shape index (κ1) is 21.1. The van der Waals surface area contributed by atoms with Crippen LogP contribution in [0.2, 0.25) is 5.02 Å². The van der Waals surface area contributed by atoms with Gasteiger partial charge in [0.1, 0.15) is 12.6 Å². The molecular formula is C20H18ClF3N2O3. The van der Waals surface area contributed by atoms with Gasteiger partial charge in [0.2, 0.25) is 5.91 Å². The average Bonchev–Trinajstić information content (AvgIpc) is 2.66. The Morgan fingerprint density at radius 3 is 2.62 bits per heavy atom. The molecule has 0 radical (unpaired) electrons. The van der Waals surface area contributed by atoms with E-state index in [1.165, 1.54) is 6.07 Å². The number of rotatable bonds is 5. The zero-order valence-corrected chi connectivity index (χ0v) is 16.0. The lowest BCUT2D eigenvalue weighted by atomic mass is 10.1. The largest absolute Gasteiger partial charge is 0.463 e. The van der Waals surface area contributed by atoms with E-state index in [9.17, 15) is 22.8 Å². The topological polar surface area (TPSA) is 58.6 Å². The lowest BCUT2D eigenvalue weighted by Gasteiger charge is -2.33. The van der Waals surface area contributed by atoms with Crippen molar-refractivity contribution in [1.29, 1.82) is 0 Å². The number of esters is 1. The van der Waals surface area contributed by atoms with Crippen molar-refractivity contribution in [2.75, 3.05) is 18.5 Å². The fraction of sp³-hybridized carbons (Fsp3) is 0.300. The highest BCUT2D eigenvalue weighted by Gasteiger charge is 2.35. The Hall–Kier alpha value is -2.58. The Bertz CT molecular complexity index is 890. The van der Waals surface area contributed by atoms with Crippen LogP contribution in [0, 0.1) is 0 Å². The van der Waals surface area contributed by atoms with E-state index >= 15 is 0 Å². The highest BCUT2D eigenvalue weighted by molar-refractivity contribution is 6.31. The molecular weight excluding hydrogens is 409 g/mol. The van der Waals surface area contributed by atoms with Crippen LogP contribution in [0.25, 0.3) is 0 Å². The van der Waals surface area contributed by atoms with Crippen molar-refractivity contribution in [3.05, 3.63) is 64.7 Å². The van der Waals surface area contributed by atoms with Crippen molar-refractivity contribution in [3.8, 4) is 0 Å². The summed E-state index contributed by atoms with van der Waals surface area (Å²) in [4.78, 5) is 26.4. The maximum absolute atomic E-state index is 13.0. The lowest BCUT2D eigenvalue weighted by Crippen LogP contribution is -2.49. The van der Waals surface area contributed by atoms with Crippen LogP contribution in [0.1, 0.15) is 17.5 Å². The van der Waals surface area contributed by atoms with Crippen molar-refractivity contribution in [2.45, 2.75) is 25.2 Å². The van der Waals surface area contributed by atoms with Crippen LogP contribution in [0.4, 0.5) is 18.9 Å². The summed E-state index contributed by atoms with van der Waals surface area (Å²) in [5.41, 5.74) is -0.120. The molecule has 0 spiro atoms. The van der Waals surface area contributed by atoms with Crippen LogP contribution < -0.4 is 5.32 Å². The van der Waals surface area contributed by atoms with E-state index in [-0.39, 0.29) is 18.7 Å². The minimum Gasteiger partial charge on any atom is -0.463 e. The fourth-order valence-corrected chi connectivity index (χ4v) is 3.32. The van der Waals surface area contributed by atoms with Crippen molar-refractivity contribution >= 4 is 29.2 Å². The van der Waals surface area contributed by atoms with Crippen LogP contribution in [0.15, 0.2) is 48.5 Å². The van der Waals surface area contributed by atoms with E-state index in [2.05, 4.69) is 5.32 Å². The third kappa shape index (κ3) is 5.48. The van der Waals surface area contributed by atoms with Gasteiger partial charge < -0.3 is 10.1 Å². The molecule has 2 aromatic rings. The summed E-state index contributed by atoms with van der Waals surface area (Å²) < 4.78 is 44.0. The van der Waals surface area contributed by atoms with Gasteiger partial charge in [-0.05, 0) is 23.8 Å². The van der Waals surface area contributed by atoms with Crippen molar-refractivity contribution in [2.24, 2.45) is 0 Å². The quantitative estimate of drug-likeness (QED) is 0.731. The molecule has 5 nitrogen and oxygen atoms in total. The normalized spacial score (nSPS) is 17.7. The third-order valence-corrected chi connectivity index (χ3v) is 4.83. The molecule has 0 bridgehead atoms. The van der Waals surface area contributed by atoms with Gasteiger partial charge in [0.05, 0.1) is 17.0 Å². The van der Waals surface area contributed by atoms with E-state index in [4.69, 9.17) is 16.3 Å². The minimum atomic E-state index is -4.64. The number of nitrogens with one attached hydrogen (secondary N) is 1. The minimum absolute atomic E-state index is 0.0505.